The fourth-order valence-electron chi connectivity index (χ4n) is 3.82. The normalized spacial score (nSPS) is 11.4. The lowest BCUT2D eigenvalue weighted by Crippen LogP contribution is -2.51. The molecule has 0 aliphatic carbocycles. The van der Waals surface area contributed by atoms with Crippen LogP contribution in [0.15, 0.2) is 78.9 Å². The van der Waals surface area contributed by atoms with Crippen LogP contribution in [0.25, 0.3) is 0 Å². The Balaban J connectivity index is 1.90. The van der Waals surface area contributed by atoms with E-state index in [0.29, 0.717) is 24.5 Å². The molecule has 3 rings (SSSR count). The summed E-state index contributed by atoms with van der Waals surface area (Å²) in [6, 6.07) is 24.2. The molecule has 35 heavy (non-hydrogen) atoms. The molecule has 3 aromatic rings. The van der Waals surface area contributed by atoms with E-state index >= 15 is 0 Å². The Morgan fingerprint density at radius 3 is 2.34 bits per heavy atom. The predicted molar refractivity (Wildman–Crippen MR) is 137 cm³/mol. The molecular formula is C29H34N2O4. The van der Waals surface area contributed by atoms with Gasteiger partial charge in [0.1, 0.15) is 17.5 Å². The molecule has 0 heterocycles. The van der Waals surface area contributed by atoms with E-state index in [0.717, 1.165) is 23.1 Å². The van der Waals surface area contributed by atoms with Crippen LogP contribution in [0.3, 0.4) is 0 Å². The number of carbonyl (C=O) groups excluding carboxylic acids is 2. The molecule has 2 amide bonds. The van der Waals surface area contributed by atoms with Crippen LogP contribution in [0.1, 0.15) is 30.0 Å². The van der Waals surface area contributed by atoms with Crippen LogP contribution in [0.4, 0.5) is 0 Å². The van der Waals surface area contributed by atoms with Crippen LogP contribution < -0.4 is 14.8 Å². The summed E-state index contributed by atoms with van der Waals surface area (Å²) in [4.78, 5) is 28.5. The molecule has 0 bridgehead atoms. The van der Waals surface area contributed by atoms with Gasteiger partial charge in [0.05, 0.1) is 7.11 Å². The highest BCUT2D eigenvalue weighted by molar-refractivity contribution is 5.88. The number of rotatable bonds is 12. The van der Waals surface area contributed by atoms with Crippen molar-refractivity contribution in [3.8, 4) is 11.5 Å². The van der Waals surface area contributed by atoms with Crippen LogP contribution in [-0.2, 0) is 22.6 Å². The molecule has 0 unspecified atom stereocenters. The standard InChI is InChI=1S/C29H34N2O4/c1-4-16-30-29(33)27(19-23-11-6-5-7-12-23)31(20-24-13-9-14-25(18-24)34-3)28(32)21-35-26-15-8-10-22(2)17-26/h5-15,17-18,27H,4,16,19-21H2,1-3H3,(H,30,33)/t27-/m1/s1. The molecule has 6 nitrogen and oxygen atoms in total. The second-order valence-corrected chi connectivity index (χ2v) is 8.47. The van der Waals surface area contributed by atoms with Crippen molar-refractivity contribution < 1.29 is 19.1 Å². The van der Waals surface area contributed by atoms with E-state index in [2.05, 4.69) is 5.32 Å². The van der Waals surface area contributed by atoms with E-state index in [4.69, 9.17) is 9.47 Å². The van der Waals surface area contributed by atoms with Crippen molar-refractivity contribution >= 4 is 11.8 Å². The smallest absolute Gasteiger partial charge is 0.261 e. The van der Waals surface area contributed by atoms with Gasteiger partial charge in [0.2, 0.25) is 5.91 Å². The van der Waals surface area contributed by atoms with Gasteiger partial charge in [-0.1, -0.05) is 61.5 Å². The third-order valence-electron chi connectivity index (χ3n) is 5.66. The highest BCUT2D eigenvalue weighted by Gasteiger charge is 2.30. The number of methoxy groups -OCH3 is 1. The third-order valence-corrected chi connectivity index (χ3v) is 5.66. The quantitative estimate of drug-likeness (QED) is 0.418. The Morgan fingerprint density at radius 2 is 1.63 bits per heavy atom. The summed E-state index contributed by atoms with van der Waals surface area (Å²) in [6.45, 7) is 4.61. The number of hydrogen-bond donors (Lipinski definition) is 1. The number of carbonyl (C=O) groups is 2. The van der Waals surface area contributed by atoms with Gasteiger partial charge in [-0.2, -0.15) is 0 Å². The Bertz CT molecular complexity index is 1100. The molecule has 0 spiro atoms. The lowest BCUT2D eigenvalue weighted by Gasteiger charge is -2.31. The number of hydrogen-bond acceptors (Lipinski definition) is 4. The Kier molecular flexibility index (Phi) is 9.72. The Labute approximate surface area is 207 Å². The molecule has 0 aliphatic rings. The number of benzene rings is 3. The molecule has 0 saturated heterocycles. The van der Waals surface area contributed by atoms with Gasteiger partial charge in [-0.3, -0.25) is 9.59 Å². The molecule has 0 radical (unpaired) electrons. The van der Waals surface area contributed by atoms with E-state index < -0.39 is 6.04 Å². The zero-order valence-corrected chi connectivity index (χ0v) is 20.7. The fourth-order valence-corrected chi connectivity index (χ4v) is 3.82. The predicted octanol–water partition coefficient (Wildman–Crippen LogP) is 4.55. The number of nitrogens with zero attached hydrogens (tertiary/aromatic N) is 1. The monoisotopic (exact) mass is 474 g/mol. The largest absolute Gasteiger partial charge is 0.497 e. The second-order valence-electron chi connectivity index (χ2n) is 8.47. The van der Waals surface area contributed by atoms with E-state index in [-0.39, 0.29) is 25.0 Å². The Hall–Kier alpha value is -3.80. The summed E-state index contributed by atoms with van der Waals surface area (Å²) in [5.41, 5.74) is 2.89. The van der Waals surface area contributed by atoms with Crippen LogP contribution in [0.5, 0.6) is 11.5 Å². The van der Waals surface area contributed by atoms with Crippen molar-refractivity contribution in [2.45, 2.75) is 39.3 Å². The van der Waals surface area contributed by atoms with E-state index in [9.17, 15) is 9.59 Å². The first-order chi connectivity index (χ1) is 17.0. The molecule has 0 aromatic heterocycles. The first-order valence-corrected chi connectivity index (χ1v) is 11.9. The summed E-state index contributed by atoms with van der Waals surface area (Å²) >= 11 is 0. The SMILES string of the molecule is CCCNC(=O)[C@@H](Cc1ccccc1)N(Cc1cccc(OC)c1)C(=O)COc1cccc(C)c1. The van der Waals surface area contributed by atoms with Crippen molar-refractivity contribution in [1.82, 2.24) is 10.2 Å². The molecule has 1 N–H and O–H groups in total. The lowest BCUT2D eigenvalue weighted by atomic mass is 10.0. The second kappa shape index (κ2) is 13.2. The van der Waals surface area contributed by atoms with Crippen LogP contribution in [0.2, 0.25) is 0 Å². The molecule has 0 fully saturated rings. The minimum Gasteiger partial charge on any atom is -0.497 e. The third kappa shape index (κ3) is 7.88. The summed E-state index contributed by atoms with van der Waals surface area (Å²) in [7, 11) is 1.61. The fraction of sp³-hybridized carbons (Fsp3) is 0.310. The minimum absolute atomic E-state index is 0.167. The van der Waals surface area contributed by atoms with Crippen molar-refractivity contribution in [3.63, 3.8) is 0 Å². The van der Waals surface area contributed by atoms with Gasteiger partial charge in [-0.15, -0.1) is 0 Å². The van der Waals surface area contributed by atoms with Crippen LogP contribution in [-0.4, -0.2) is 43.0 Å². The van der Waals surface area contributed by atoms with E-state index in [1.165, 1.54) is 0 Å². The van der Waals surface area contributed by atoms with Gasteiger partial charge >= 0.3 is 0 Å². The van der Waals surface area contributed by atoms with Crippen LogP contribution in [0, 0.1) is 6.92 Å². The number of amides is 2. The van der Waals surface area contributed by atoms with Gasteiger partial charge in [0, 0.05) is 19.5 Å². The van der Waals surface area contributed by atoms with Crippen LogP contribution >= 0.6 is 0 Å². The average molecular weight is 475 g/mol. The van der Waals surface area contributed by atoms with Gasteiger partial charge in [0.25, 0.3) is 5.91 Å². The van der Waals surface area contributed by atoms with E-state index in [1.54, 1.807) is 12.0 Å². The lowest BCUT2D eigenvalue weighted by molar-refractivity contribution is -0.142. The average Bonchev–Trinajstić information content (AvgIpc) is 2.88. The topological polar surface area (TPSA) is 67.9 Å². The molecule has 3 aromatic carbocycles. The van der Waals surface area contributed by atoms with Gasteiger partial charge in [-0.05, 0) is 54.3 Å². The zero-order valence-electron chi connectivity index (χ0n) is 20.7. The van der Waals surface area contributed by atoms with E-state index in [1.807, 2.05) is 92.7 Å². The number of ether oxygens (including phenoxy) is 2. The molecule has 6 heteroatoms. The Morgan fingerprint density at radius 1 is 0.914 bits per heavy atom. The molecule has 0 saturated carbocycles. The van der Waals surface area contributed by atoms with Crippen molar-refractivity contribution in [1.29, 1.82) is 0 Å². The maximum atomic E-state index is 13.6. The first kappa shape index (κ1) is 25.8. The highest BCUT2D eigenvalue weighted by atomic mass is 16.5. The maximum Gasteiger partial charge on any atom is 0.261 e. The number of aryl methyl sites for hydroxylation is 1. The molecule has 1 atom stereocenters. The molecule has 184 valence electrons. The minimum atomic E-state index is -0.691. The van der Waals surface area contributed by atoms with Gasteiger partial charge in [-0.25, -0.2) is 0 Å². The van der Waals surface area contributed by atoms with Crippen molar-refractivity contribution in [3.05, 3.63) is 95.6 Å². The molecular weight excluding hydrogens is 440 g/mol. The number of nitrogens with one attached hydrogen (secondary N) is 1. The highest BCUT2D eigenvalue weighted by Crippen LogP contribution is 2.19. The van der Waals surface area contributed by atoms with Crippen molar-refractivity contribution in [2.24, 2.45) is 0 Å². The summed E-state index contributed by atoms with van der Waals surface area (Å²) < 4.78 is 11.2. The summed E-state index contributed by atoms with van der Waals surface area (Å²) in [6.07, 6.45) is 1.21. The van der Waals surface area contributed by atoms with Gasteiger partial charge < -0.3 is 19.7 Å². The maximum absolute atomic E-state index is 13.6. The summed E-state index contributed by atoms with van der Waals surface area (Å²) in [5, 5.41) is 2.98. The van der Waals surface area contributed by atoms with Crippen molar-refractivity contribution in [2.75, 3.05) is 20.3 Å². The zero-order chi connectivity index (χ0) is 25.0. The summed E-state index contributed by atoms with van der Waals surface area (Å²) in [5.74, 6) is 0.875. The molecule has 0 aliphatic heterocycles. The first-order valence-electron chi connectivity index (χ1n) is 11.9. The van der Waals surface area contributed by atoms with Gasteiger partial charge in [0.15, 0.2) is 6.61 Å².